The average Bonchev–Trinajstić information content (AvgIpc) is 2.07. The summed E-state index contributed by atoms with van der Waals surface area (Å²) in [5.74, 6) is 0. The van der Waals surface area contributed by atoms with Crippen LogP contribution in [0.5, 0.6) is 0 Å². The summed E-state index contributed by atoms with van der Waals surface area (Å²) in [6, 6.07) is 4.06. The lowest BCUT2D eigenvalue weighted by molar-refractivity contribution is -0.523. The van der Waals surface area contributed by atoms with Crippen LogP contribution in [0.4, 0.5) is 0 Å². The fourth-order valence-electron chi connectivity index (χ4n) is 1.47. The molecule has 2 nitrogen and oxygen atoms in total. The minimum absolute atomic E-state index is 0.950. The Balaban J connectivity index is 2.94. The first-order chi connectivity index (χ1) is 6.58. The average molecular weight is 317 g/mol. The summed E-state index contributed by atoms with van der Waals surface area (Å²) < 4.78 is 4.09. The number of nitrogens with zero attached hydrogens (tertiary/aromatic N) is 2. The van der Waals surface area contributed by atoms with Crippen molar-refractivity contribution in [2.75, 3.05) is 0 Å². The van der Waals surface area contributed by atoms with E-state index < -0.39 is 0 Å². The second-order valence-corrected chi connectivity index (χ2v) is 5.01. The molecule has 0 radical (unpaired) electrons. The molecule has 0 saturated carbocycles. The molecule has 4 heteroatoms. The Bertz CT molecular complexity index is 462. The zero-order valence-electron chi connectivity index (χ0n) is 7.88. The van der Waals surface area contributed by atoms with Crippen LogP contribution in [0.25, 0.3) is 5.65 Å². The molecule has 72 valence electrons. The maximum absolute atomic E-state index is 4.47. The topological polar surface area (TPSA) is 17.0 Å². The molecule has 0 spiro atoms. The molecular formula is C10H9Br2N2+. The van der Waals surface area contributed by atoms with Gasteiger partial charge in [-0.25, -0.2) is 0 Å². The third-order valence-electron chi connectivity index (χ3n) is 2.04. The van der Waals surface area contributed by atoms with Crippen molar-refractivity contribution in [3.05, 3.63) is 38.7 Å². The van der Waals surface area contributed by atoms with Crippen molar-refractivity contribution in [2.45, 2.75) is 13.8 Å². The van der Waals surface area contributed by atoms with Crippen LogP contribution in [0, 0.1) is 13.8 Å². The van der Waals surface area contributed by atoms with Crippen molar-refractivity contribution in [3.63, 3.8) is 0 Å². The fourth-order valence-corrected chi connectivity index (χ4v) is 2.74. The highest BCUT2D eigenvalue weighted by Gasteiger charge is 2.13. The van der Waals surface area contributed by atoms with Crippen molar-refractivity contribution in [1.29, 1.82) is 0 Å². The maximum Gasteiger partial charge on any atom is 0.342 e. The van der Waals surface area contributed by atoms with Crippen LogP contribution in [-0.2, 0) is 0 Å². The summed E-state index contributed by atoms with van der Waals surface area (Å²) in [5.41, 5.74) is 3.16. The molecule has 0 aliphatic carbocycles. The van der Waals surface area contributed by atoms with Crippen molar-refractivity contribution in [1.82, 2.24) is 4.98 Å². The lowest BCUT2D eigenvalue weighted by atomic mass is 10.3. The van der Waals surface area contributed by atoms with Gasteiger partial charge >= 0.3 is 5.65 Å². The van der Waals surface area contributed by atoms with Gasteiger partial charge in [0.1, 0.15) is 16.4 Å². The molecule has 0 amide bonds. The highest BCUT2D eigenvalue weighted by molar-refractivity contribution is 9.11. The Hall–Kier alpha value is -0.480. The summed E-state index contributed by atoms with van der Waals surface area (Å²) >= 11 is 6.96. The van der Waals surface area contributed by atoms with Crippen molar-refractivity contribution in [3.8, 4) is 0 Å². The lowest BCUT2D eigenvalue weighted by Gasteiger charge is -1.99. The predicted molar refractivity (Wildman–Crippen MR) is 62.3 cm³/mol. The maximum atomic E-state index is 4.47. The SMILES string of the molecule is Cc1cc(C)[n+]2cc(Br)cc(Br)c2n1. The van der Waals surface area contributed by atoms with E-state index in [1.54, 1.807) is 0 Å². The van der Waals surface area contributed by atoms with Crippen LogP contribution in [0.2, 0.25) is 0 Å². The zero-order chi connectivity index (χ0) is 10.3. The van der Waals surface area contributed by atoms with Gasteiger partial charge in [0.2, 0.25) is 0 Å². The first-order valence-corrected chi connectivity index (χ1v) is 5.81. The second-order valence-electron chi connectivity index (χ2n) is 3.24. The third-order valence-corrected chi connectivity index (χ3v) is 3.06. The number of halogens is 2. The molecule has 0 unspecified atom stereocenters. The summed E-state index contributed by atoms with van der Waals surface area (Å²) in [4.78, 5) is 4.47. The number of fused-ring (bicyclic) bond motifs is 1. The molecule has 0 saturated heterocycles. The number of aromatic nitrogens is 2. The molecule has 0 fully saturated rings. The molecule has 2 aromatic heterocycles. The molecule has 0 N–H and O–H groups in total. The van der Waals surface area contributed by atoms with Crippen LogP contribution in [-0.4, -0.2) is 4.98 Å². The lowest BCUT2D eigenvalue weighted by Crippen LogP contribution is -2.27. The molecular weight excluding hydrogens is 308 g/mol. The van der Waals surface area contributed by atoms with Crippen LogP contribution in [0.3, 0.4) is 0 Å². The fraction of sp³-hybridized carbons (Fsp3) is 0.200. The van der Waals surface area contributed by atoms with Crippen LogP contribution in [0.15, 0.2) is 27.3 Å². The van der Waals surface area contributed by atoms with Gasteiger partial charge in [-0.2, -0.15) is 4.40 Å². The minimum atomic E-state index is 0.950. The van der Waals surface area contributed by atoms with E-state index in [1.165, 1.54) is 5.69 Å². The van der Waals surface area contributed by atoms with E-state index in [0.29, 0.717) is 0 Å². The Morgan fingerprint density at radius 3 is 2.64 bits per heavy atom. The van der Waals surface area contributed by atoms with Crippen molar-refractivity contribution >= 4 is 37.5 Å². The number of rotatable bonds is 0. The van der Waals surface area contributed by atoms with Gasteiger partial charge in [0.05, 0.1) is 4.47 Å². The number of hydrogen-bond donors (Lipinski definition) is 0. The molecule has 14 heavy (non-hydrogen) atoms. The van der Waals surface area contributed by atoms with E-state index in [2.05, 4.69) is 54.2 Å². The van der Waals surface area contributed by atoms with Gasteiger partial charge in [-0.15, -0.1) is 0 Å². The van der Waals surface area contributed by atoms with E-state index in [9.17, 15) is 0 Å². The number of pyridine rings is 1. The van der Waals surface area contributed by atoms with E-state index >= 15 is 0 Å². The van der Waals surface area contributed by atoms with Gasteiger partial charge in [-0.1, -0.05) is 0 Å². The standard InChI is InChI=1S/C10H9Br2N2/c1-6-3-7(2)14-5-8(11)4-9(12)10(14)13-6/h3-5H,1-2H3/q+1. The van der Waals surface area contributed by atoms with Gasteiger partial charge < -0.3 is 0 Å². The molecule has 0 bridgehead atoms. The number of hydrogen-bond acceptors (Lipinski definition) is 1. The quantitative estimate of drug-likeness (QED) is 0.683. The Morgan fingerprint density at radius 2 is 1.93 bits per heavy atom. The first-order valence-electron chi connectivity index (χ1n) is 4.22. The molecule has 0 aliphatic rings. The monoisotopic (exact) mass is 315 g/mol. The molecule has 2 aromatic rings. The van der Waals surface area contributed by atoms with Crippen LogP contribution < -0.4 is 4.40 Å². The largest absolute Gasteiger partial charge is 0.342 e. The van der Waals surface area contributed by atoms with Gasteiger partial charge in [0, 0.05) is 13.0 Å². The van der Waals surface area contributed by atoms with Gasteiger partial charge in [0.25, 0.3) is 0 Å². The van der Waals surface area contributed by atoms with Crippen LogP contribution >= 0.6 is 31.9 Å². The minimum Gasteiger partial charge on any atom is -0.199 e. The molecule has 0 aliphatic heterocycles. The summed E-state index contributed by atoms with van der Waals surface area (Å²) in [6.45, 7) is 4.07. The summed E-state index contributed by atoms with van der Waals surface area (Å²) in [5, 5.41) is 0. The smallest absolute Gasteiger partial charge is 0.199 e. The van der Waals surface area contributed by atoms with E-state index in [-0.39, 0.29) is 0 Å². The van der Waals surface area contributed by atoms with E-state index in [0.717, 1.165) is 20.3 Å². The molecule has 0 aromatic carbocycles. The van der Waals surface area contributed by atoms with E-state index in [1.807, 2.05) is 19.2 Å². The van der Waals surface area contributed by atoms with Gasteiger partial charge in [-0.3, -0.25) is 0 Å². The number of aryl methyl sites for hydroxylation is 2. The molecule has 2 rings (SSSR count). The van der Waals surface area contributed by atoms with Crippen LogP contribution in [0.1, 0.15) is 11.4 Å². The molecule has 2 heterocycles. The van der Waals surface area contributed by atoms with Crippen molar-refractivity contribution in [2.24, 2.45) is 0 Å². The Labute approximate surface area is 99.2 Å². The third kappa shape index (κ3) is 1.68. The summed E-state index contributed by atoms with van der Waals surface area (Å²) in [6.07, 6.45) is 2.02. The van der Waals surface area contributed by atoms with Gasteiger partial charge in [-0.05, 0) is 49.8 Å². The second kappa shape index (κ2) is 3.59. The highest BCUT2D eigenvalue weighted by atomic mass is 79.9. The summed E-state index contributed by atoms with van der Waals surface area (Å²) in [7, 11) is 0. The van der Waals surface area contributed by atoms with Crippen molar-refractivity contribution < 1.29 is 4.40 Å². The Morgan fingerprint density at radius 1 is 1.21 bits per heavy atom. The normalized spacial score (nSPS) is 10.9. The predicted octanol–water partition coefficient (Wildman–Crippen LogP) is 2.96. The van der Waals surface area contributed by atoms with E-state index in [4.69, 9.17) is 0 Å². The van der Waals surface area contributed by atoms with Gasteiger partial charge in [0.15, 0.2) is 5.69 Å². The zero-order valence-corrected chi connectivity index (χ0v) is 11.1. The first kappa shape index (κ1) is 10.1. The highest BCUT2D eigenvalue weighted by Crippen LogP contribution is 2.18. The molecule has 0 atom stereocenters. The Kier molecular flexibility index (Phi) is 2.58.